The topological polar surface area (TPSA) is 83.6 Å². The van der Waals surface area contributed by atoms with Crippen LogP contribution < -0.4 is 5.32 Å². The number of tetrazole rings is 1. The lowest BCUT2D eigenvalue weighted by Crippen LogP contribution is -2.30. The van der Waals surface area contributed by atoms with Crippen LogP contribution in [0.15, 0.2) is 0 Å². The first-order chi connectivity index (χ1) is 5.20. The van der Waals surface area contributed by atoms with Crippen molar-refractivity contribution in [1.82, 2.24) is 25.9 Å². The van der Waals surface area contributed by atoms with E-state index in [9.17, 15) is 4.79 Å². The SMILES string of the molecule is CC(C)NC(=O)c1nn[nH]n1. The molecule has 11 heavy (non-hydrogen) atoms. The zero-order chi connectivity index (χ0) is 8.27. The van der Waals surface area contributed by atoms with Crippen LogP contribution in [0, 0.1) is 0 Å². The van der Waals surface area contributed by atoms with Gasteiger partial charge in [-0.15, -0.1) is 10.2 Å². The summed E-state index contributed by atoms with van der Waals surface area (Å²) in [5.41, 5.74) is 0. The van der Waals surface area contributed by atoms with Crippen LogP contribution >= 0.6 is 0 Å². The highest BCUT2D eigenvalue weighted by Gasteiger charge is 2.10. The van der Waals surface area contributed by atoms with Gasteiger partial charge in [-0.25, -0.2) is 0 Å². The number of hydrogen-bond donors (Lipinski definition) is 2. The number of nitrogens with one attached hydrogen (secondary N) is 2. The first kappa shape index (κ1) is 7.64. The third-order valence-electron chi connectivity index (χ3n) is 0.968. The second-order valence-electron chi connectivity index (χ2n) is 2.36. The van der Waals surface area contributed by atoms with Gasteiger partial charge >= 0.3 is 0 Å². The van der Waals surface area contributed by atoms with Gasteiger partial charge in [-0.1, -0.05) is 0 Å². The summed E-state index contributed by atoms with van der Waals surface area (Å²) >= 11 is 0. The fourth-order valence-corrected chi connectivity index (χ4v) is 0.585. The molecule has 0 fully saturated rings. The van der Waals surface area contributed by atoms with Crippen molar-refractivity contribution >= 4 is 5.91 Å². The molecule has 0 spiro atoms. The molecule has 0 atom stereocenters. The van der Waals surface area contributed by atoms with E-state index in [1.165, 1.54) is 0 Å². The van der Waals surface area contributed by atoms with E-state index in [0.29, 0.717) is 0 Å². The summed E-state index contributed by atoms with van der Waals surface area (Å²) in [5, 5.41) is 15.1. The normalized spacial score (nSPS) is 10.1. The maximum atomic E-state index is 11.0. The predicted molar refractivity (Wildman–Crippen MR) is 36.8 cm³/mol. The van der Waals surface area contributed by atoms with Crippen LogP contribution in [0.1, 0.15) is 24.5 Å². The Hall–Kier alpha value is -1.46. The maximum Gasteiger partial charge on any atom is 0.293 e. The van der Waals surface area contributed by atoms with Gasteiger partial charge in [0.15, 0.2) is 0 Å². The van der Waals surface area contributed by atoms with Crippen LogP contribution in [0.25, 0.3) is 0 Å². The van der Waals surface area contributed by atoms with Crippen LogP contribution in [-0.4, -0.2) is 32.6 Å². The third-order valence-corrected chi connectivity index (χ3v) is 0.968. The van der Waals surface area contributed by atoms with E-state index in [1.807, 2.05) is 13.8 Å². The summed E-state index contributed by atoms with van der Waals surface area (Å²) < 4.78 is 0. The molecule has 0 aliphatic rings. The molecular weight excluding hydrogens is 146 g/mol. The van der Waals surface area contributed by atoms with Crippen molar-refractivity contribution in [3.8, 4) is 0 Å². The zero-order valence-electron chi connectivity index (χ0n) is 6.33. The quantitative estimate of drug-likeness (QED) is 0.593. The van der Waals surface area contributed by atoms with Gasteiger partial charge in [0.1, 0.15) is 0 Å². The highest BCUT2D eigenvalue weighted by Crippen LogP contribution is 1.84. The first-order valence-corrected chi connectivity index (χ1v) is 3.24. The van der Waals surface area contributed by atoms with E-state index in [1.54, 1.807) is 0 Å². The number of hydrogen-bond acceptors (Lipinski definition) is 4. The molecule has 0 saturated carbocycles. The monoisotopic (exact) mass is 155 g/mol. The number of nitrogens with zero attached hydrogens (tertiary/aromatic N) is 3. The van der Waals surface area contributed by atoms with Gasteiger partial charge in [-0.2, -0.15) is 5.21 Å². The van der Waals surface area contributed by atoms with Gasteiger partial charge < -0.3 is 5.32 Å². The lowest BCUT2D eigenvalue weighted by molar-refractivity contribution is 0.0932. The van der Waals surface area contributed by atoms with Gasteiger partial charge in [0.2, 0.25) is 0 Å². The summed E-state index contributed by atoms with van der Waals surface area (Å²) in [6.45, 7) is 3.72. The van der Waals surface area contributed by atoms with Crippen molar-refractivity contribution in [3.05, 3.63) is 5.82 Å². The van der Waals surface area contributed by atoms with Crippen LogP contribution in [0.5, 0.6) is 0 Å². The Morgan fingerprint density at radius 1 is 1.64 bits per heavy atom. The second-order valence-corrected chi connectivity index (χ2v) is 2.36. The van der Waals surface area contributed by atoms with Crippen molar-refractivity contribution in [2.24, 2.45) is 0 Å². The number of amides is 1. The Balaban J connectivity index is 2.57. The summed E-state index contributed by atoms with van der Waals surface area (Å²) in [5.74, 6) is -0.243. The molecule has 1 heterocycles. The fourth-order valence-electron chi connectivity index (χ4n) is 0.585. The standard InChI is InChI=1S/C5H9N5O/c1-3(2)6-5(11)4-7-9-10-8-4/h3H,1-2H3,(H,6,11)(H,7,8,9,10). The Bertz CT molecular complexity index is 229. The average molecular weight is 155 g/mol. The average Bonchev–Trinajstić information content (AvgIpc) is 2.35. The molecule has 1 rings (SSSR count). The van der Waals surface area contributed by atoms with Crippen LogP contribution in [0.3, 0.4) is 0 Å². The van der Waals surface area contributed by atoms with E-state index in [0.717, 1.165) is 0 Å². The van der Waals surface area contributed by atoms with Crippen LogP contribution in [0.4, 0.5) is 0 Å². The fraction of sp³-hybridized carbons (Fsp3) is 0.600. The van der Waals surface area contributed by atoms with Crippen LogP contribution in [-0.2, 0) is 0 Å². The van der Waals surface area contributed by atoms with Crippen molar-refractivity contribution in [3.63, 3.8) is 0 Å². The van der Waals surface area contributed by atoms with Crippen molar-refractivity contribution in [2.45, 2.75) is 19.9 Å². The largest absolute Gasteiger partial charge is 0.347 e. The number of carbonyl (C=O) groups is 1. The van der Waals surface area contributed by atoms with Gasteiger partial charge in [-0.3, -0.25) is 4.79 Å². The Labute approximate surface area is 63.4 Å². The summed E-state index contributed by atoms with van der Waals surface area (Å²) in [6, 6.07) is 0.0843. The van der Waals surface area contributed by atoms with E-state index in [4.69, 9.17) is 0 Å². The molecule has 0 unspecified atom stereocenters. The smallest absolute Gasteiger partial charge is 0.293 e. The van der Waals surface area contributed by atoms with Crippen LogP contribution in [0.2, 0.25) is 0 Å². The molecule has 0 aliphatic carbocycles. The molecule has 0 aromatic carbocycles. The third kappa shape index (κ3) is 1.99. The number of H-pyrrole nitrogens is 1. The lowest BCUT2D eigenvalue weighted by Gasteiger charge is -2.03. The van der Waals surface area contributed by atoms with Gasteiger partial charge in [0.05, 0.1) is 0 Å². The maximum absolute atomic E-state index is 11.0. The minimum atomic E-state index is -0.311. The number of aromatic nitrogens is 4. The molecule has 1 aromatic rings. The first-order valence-electron chi connectivity index (χ1n) is 3.24. The molecule has 2 N–H and O–H groups in total. The zero-order valence-corrected chi connectivity index (χ0v) is 6.33. The number of carbonyl (C=O) groups excluding carboxylic acids is 1. The molecular formula is C5H9N5O. The number of rotatable bonds is 2. The van der Waals surface area contributed by atoms with Crippen molar-refractivity contribution in [2.75, 3.05) is 0 Å². The predicted octanol–water partition coefficient (Wildman–Crippen LogP) is -0.662. The minimum Gasteiger partial charge on any atom is -0.347 e. The molecule has 0 aliphatic heterocycles. The van der Waals surface area contributed by atoms with Gasteiger partial charge in [0, 0.05) is 6.04 Å². The van der Waals surface area contributed by atoms with E-state index in [-0.39, 0.29) is 17.8 Å². The Morgan fingerprint density at radius 2 is 2.36 bits per heavy atom. The summed E-state index contributed by atoms with van der Waals surface area (Å²) in [6.07, 6.45) is 0. The summed E-state index contributed by atoms with van der Waals surface area (Å²) in [4.78, 5) is 11.0. The molecule has 6 nitrogen and oxygen atoms in total. The summed E-state index contributed by atoms with van der Waals surface area (Å²) in [7, 11) is 0. The molecule has 6 heteroatoms. The lowest BCUT2D eigenvalue weighted by atomic mass is 10.4. The molecule has 0 bridgehead atoms. The van der Waals surface area contributed by atoms with E-state index in [2.05, 4.69) is 25.9 Å². The molecule has 1 amide bonds. The van der Waals surface area contributed by atoms with Gasteiger partial charge in [-0.05, 0) is 19.1 Å². The molecule has 0 radical (unpaired) electrons. The Morgan fingerprint density at radius 3 is 2.82 bits per heavy atom. The second kappa shape index (κ2) is 3.09. The molecule has 60 valence electrons. The highest BCUT2D eigenvalue weighted by molar-refractivity contribution is 5.90. The highest BCUT2D eigenvalue weighted by atomic mass is 16.2. The van der Waals surface area contributed by atoms with Crippen molar-refractivity contribution < 1.29 is 4.79 Å². The van der Waals surface area contributed by atoms with Crippen molar-refractivity contribution in [1.29, 1.82) is 0 Å². The minimum absolute atomic E-state index is 0.0682. The van der Waals surface area contributed by atoms with E-state index >= 15 is 0 Å². The number of aromatic amines is 1. The Kier molecular flexibility index (Phi) is 2.15. The van der Waals surface area contributed by atoms with Gasteiger partial charge in [0.25, 0.3) is 11.7 Å². The van der Waals surface area contributed by atoms with E-state index < -0.39 is 0 Å². The molecule has 0 saturated heterocycles. The molecule has 1 aromatic heterocycles.